The third-order valence-corrected chi connectivity index (χ3v) is 3.27. The minimum atomic E-state index is 0.261. The van der Waals surface area contributed by atoms with Crippen LogP contribution in [0.4, 0.5) is 0 Å². The van der Waals surface area contributed by atoms with Gasteiger partial charge < -0.3 is 13.9 Å². The van der Waals surface area contributed by atoms with Crippen LogP contribution in [0.5, 0.6) is 11.5 Å². The van der Waals surface area contributed by atoms with Crippen molar-refractivity contribution in [3.8, 4) is 11.5 Å². The number of benzene rings is 1. The van der Waals surface area contributed by atoms with Crippen molar-refractivity contribution in [1.29, 1.82) is 0 Å². The van der Waals surface area contributed by atoms with Gasteiger partial charge >= 0.3 is 0 Å². The maximum Gasteiger partial charge on any atom is 0.284 e. The van der Waals surface area contributed by atoms with E-state index in [0.29, 0.717) is 30.4 Å². The van der Waals surface area contributed by atoms with Gasteiger partial charge in [0.1, 0.15) is 13.2 Å². The molecule has 0 saturated carbocycles. The Hall–Kier alpha value is -1.82. The molecule has 1 aliphatic rings. The summed E-state index contributed by atoms with van der Waals surface area (Å²) in [6.07, 6.45) is 0.687. The van der Waals surface area contributed by atoms with Crippen LogP contribution in [0.25, 0.3) is 0 Å². The molecular formula is C13H14N2O3S. The smallest absolute Gasteiger partial charge is 0.284 e. The number of fused-ring (bicyclic) bond motifs is 1. The normalized spacial score (nSPS) is 15.2. The first-order valence-corrected chi connectivity index (χ1v) is 6.57. The van der Waals surface area contributed by atoms with Crippen LogP contribution in [0.2, 0.25) is 0 Å². The van der Waals surface area contributed by atoms with Gasteiger partial charge in [0.25, 0.3) is 4.84 Å². The topological polar surface area (TPSA) is 60.3 Å². The van der Waals surface area contributed by atoms with Gasteiger partial charge in [-0.3, -0.25) is 0 Å². The molecule has 0 fully saturated rings. The van der Waals surface area contributed by atoms with E-state index in [-0.39, 0.29) is 5.92 Å². The first-order valence-electron chi connectivity index (χ1n) is 6.16. The van der Waals surface area contributed by atoms with E-state index in [9.17, 15) is 0 Å². The van der Waals surface area contributed by atoms with Gasteiger partial charge in [-0.2, -0.15) is 0 Å². The van der Waals surface area contributed by atoms with Crippen LogP contribution in [-0.2, 0) is 6.42 Å². The highest BCUT2D eigenvalue weighted by Crippen LogP contribution is 2.33. The number of nitrogens with zero attached hydrogens (tertiary/aromatic N) is 1. The molecule has 19 heavy (non-hydrogen) atoms. The molecule has 1 aliphatic heterocycles. The molecule has 1 aromatic carbocycles. The molecule has 3 rings (SSSR count). The zero-order chi connectivity index (χ0) is 13.2. The highest BCUT2D eigenvalue weighted by Gasteiger charge is 2.16. The van der Waals surface area contributed by atoms with Crippen LogP contribution >= 0.6 is 12.2 Å². The third-order valence-electron chi connectivity index (χ3n) is 3.10. The average Bonchev–Trinajstić information content (AvgIpc) is 2.83. The molecular weight excluding hydrogens is 264 g/mol. The summed E-state index contributed by atoms with van der Waals surface area (Å²) in [4.78, 5) is 0.310. The van der Waals surface area contributed by atoms with E-state index in [0.717, 1.165) is 17.1 Å². The van der Waals surface area contributed by atoms with Crippen molar-refractivity contribution in [1.82, 2.24) is 10.2 Å². The lowest BCUT2D eigenvalue weighted by molar-refractivity contribution is 0.171. The molecule has 100 valence electrons. The molecule has 1 unspecified atom stereocenters. The summed E-state index contributed by atoms with van der Waals surface area (Å²) >= 11 is 4.86. The minimum absolute atomic E-state index is 0.261. The lowest BCUT2D eigenvalue weighted by Crippen LogP contribution is -2.15. The summed E-state index contributed by atoms with van der Waals surface area (Å²) in [6, 6.07) is 6.00. The maximum absolute atomic E-state index is 5.58. The Labute approximate surface area is 115 Å². The van der Waals surface area contributed by atoms with Crippen LogP contribution in [0.1, 0.15) is 24.3 Å². The van der Waals surface area contributed by atoms with Crippen LogP contribution in [0, 0.1) is 4.84 Å². The Kier molecular flexibility index (Phi) is 3.25. The summed E-state index contributed by atoms with van der Waals surface area (Å²) in [5, 5.41) is 6.65. The van der Waals surface area contributed by atoms with Crippen molar-refractivity contribution in [3.63, 3.8) is 0 Å². The largest absolute Gasteiger partial charge is 0.486 e. The number of rotatable bonds is 3. The number of aromatic nitrogens is 2. The first-order chi connectivity index (χ1) is 9.22. The van der Waals surface area contributed by atoms with E-state index >= 15 is 0 Å². The summed E-state index contributed by atoms with van der Waals surface area (Å²) in [5.41, 5.74) is 1.16. The number of ether oxygens (including phenoxy) is 2. The fourth-order valence-electron chi connectivity index (χ4n) is 2.09. The predicted molar refractivity (Wildman–Crippen MR) is 71.2 cm³/mol. The average molecular weight is 278 g/mol. The second-order valence-electron chi connectivity index (χ2n) is 4.52. The van der Waals surface area contributed by atoms with Crippen molar-refractivity contribution in [3.05, 3.63) is 34.5 Å². The fraction of sp³-hybridized carbons (Fsp3) is 0.385. The molecule has 2 aromatic rings. The maximum atomic E-state index is 5.58. The molecule has 1 aromatic heterocycles. The standard InChI is InChI=1S/C13H14N2O3S/c1-8(6-12-14-15-13(19)18-12)9-2-3-10-11(7-9)17-5-4-16-10/h2-3,7-8H,4-6H2,1H3,(H,15,19). The first kappa shape index (κ1) is 12.2. The van der Waals surface area contributed by atoms with Gasteiger partial charge in [0.2, 0.25) is 5.89 Å². The fourth-order valence-corrected chi connectivity index (χ4v) is 2.24. The Morgan fingerprint density at radius 1 is 1.32 bits per heavy atom. The van der Waals surface area contributed by atoms with Gasteiger partial charge in [0.15, 0.2) is 11.5 Å². The summed E-state index contributed by atoms with van der Waals surface area (Å²) in [7, 11) is 0. The molecule has 1 atom stereocenters. The summed E-state index contributed by atoms with van der Waals surface area (Å²) in [6.45, 7) is 3.31. The lowest BCUT2D eigenvalue weighted by Gasteiger charge is -2.20. The molecule has 0 radical (unpaired) electrons. The SMILES string of the molecule is CC(Cc1n[nH]c(=S)o1)c1ccc2c(c1)OCCO2. The van der Waals surface area contributed by atoms with Gasteiger partial charge in [-0.1, -0.05) is 13.0 Å². The predicted octanol–water partition coefficient (Wildman–Crippen LogP) is 2.85. The second-order valence-corrected chi connectivity index (χ2v) is 4.89. The number of hydrogen-bond donors (Lipinski definition) is 1. The number of nitrogens with one attached hydrogen (secondary N) is 1. The Bertz CT molecular complexity index is 635. The molecule has 2 heterocycles. The van der Waals surface area contributed by atoms with Crippen molar-refractivity contribution in [2.24, 2.45) is 0 Å². The Morgan fingerprint density at radius 2 is 2.11 bits per heavy atom. The van der Waals surface area contributed by atoms with E-state index in [2.05, 4.69) is 17.1 Å². The van der Waals surface area contributed by atoms with E-state index in [1.165, 1.54) is 0 Å². The number of H-pyrrole nitrogens is 1. The van der Waals surface area contributed by atoms with Crippen LogP contribution in [-0.4, -0.2) is 23.4 Å². The quantitative estimate of drug-likeness (QED) is 0.875. The van der Waals surface area contributed by atoms with Gasteiger partial charge in [-0.05, 0) is 35.8 Å². The van der Waals surface area contributed by atoms with Gasteiger partial charge in [-0.15, -0.1) is 5.10 Å². The van der Waals surface area contributed by atoms with Crippen LogP contribution < -0.4 is 9.47 Å². The van der Waals surface area contributed by atoms with Crippen molar-refractivity contribution < 1.29 is 13.9 Å². The Balaban J connectivity index is 1.79. The highest BCUT2D eigenvalue weighted by molar-refractivity contribution is 7.71. The molecule has 1 N–H and O–H groups in total. The second kappa shape index (κ2) is 5.05. The summed E-state index contributed by atoms with van der Waals surface area (Å²) in [5.74, 6) is 2.49. The zero-order valence-electron chi connectivity index (χ0n) is 10.5. The number of aromatic amines is 1. The van der Waals surface area contributed by atoms with E-state index in [4.69, 9.17) is 26.1 Å². The number of hydrogen-bond acceptors (Lipinski definition) is 5. The molecule has 0 saturated heterocycles. The van der Waals surface area contributed by atoms with Gasteiger partial charge in [-0.25, -0.2) is 5.10 Å². The van der Waals surface area contributed by atoms with E-state index in [1.807, 2.05) is 18.2 Å². The lowest BCUT2D eigenvalue weighted by atomic mass is 9.97. The van der Waals surface area contributed by atoms with Crippen molar-refractivity contribution >= 4 is 12.2 Å². The van der Waals surface area contributed by atoms with Crippen molar-refractivity contribution in [2.45, 2.75) is 19.3 Å². The van der Waals surface area contributed by atoms with Crippen molar-refractivity contribution in [2.75, 3.05) is 13.2 Å². The molecule has 0 amide bonds. The van der Waals surface area contributed by atoms with Gasteiger partial charge in [0, 0.05) is 6.42 Å². The molecule has 0 aliphatic carbocycles. The highest BCUT2D eigenvalue weighted by atomic mass is 32.1. The molecule has 0 spiro atoms. The molecule has 0 bridgehead atoms. The van der Waals surface area contributed by atoms with Crippen LogP contribution in [0.15, 0.2) is 22.6 Å². The van der Waals surface area contributed by atoms with E-state index in [1.54, 1.807) is 0 Å². The molecule has 6 heteroatoms. The zero-order valence-corrected chi connectivity index (χ0v) is 11.3. The minimum Gasteiger partial charge on any atom is -0.486 e. The van der Waals surface area contributed by atoms with Gasteiger partial charge in [0.05, 0.1) is 0 Å². The molecule has 5 nitrogen and oxygen atoms in total. The Morgan fingerprint density at radius 3 is 2.84 bits per heavy atom. The summed E-state index contributed by atoms with van der Waals surface area (Å²) < 4.78 is 16.4. The third kappa shape index (κ3) is 2.63. The monoisotopic (exact) mass is 278 g/mol. The van der Waals surface area contributed by atoms with E-state index < -0.39 is 0 Å². The van der Waals surface area contributed by atoms with Crippen LogP contribution in [0.3, 0.4) is 0 Å².